The van der Waals surface area contributed by atoms with Crippen LogP contribution in [0.4, 0.5) is 4.39 Å². The first-order valence-electron chi connectivity index (χ1n) is 13.0. The van der Waals surface area contributed by atoms with E-state index in [9.17, 15) is 0 Å². The number of aryl methyl sites for hydroxylation is 3. The smallest absolute Gasteiger partial charge is 0.216 e. The fraction of sp³-hybridized carbons (Fsp3) is 0.182. The first kappa shape index (κ1) is 22.1. The van der Waals surface area contributed by atoms with Crippen molar-refractivity contribution >= 4 is 21.9 Å². The summed E-state index contributed by atoms with van der Waals surface area (Å²) in [5, 5.41) is 1.94. The first-order chi connectivity index (χ1) is 18.1. The molecule has 0 bridgehead atoms. The highest BCUT2D eigenvalue weighted by Crippen LogP contribution is 2.43. The number of aromatic nitrogens is 2. The van der Waals surface area contributed by atoms with Crippen LogP contribution in [0.3, 0.4) is 0 Å². The number of hydrogen-bond donors (Lipinski definition) is 0. The van der Waals surface area contributed by atoms with Crippen molar-refractivity contribution in [2.75, 3.05) is 0 Å². The molecule has 0 N–H and O–H groups in total. The molecule has 7 rings (SSSR count). The van der Waals surface area contributed by atoms with Gasteiger partial charge >= 0.3 is 0 Å². The van der Waals surface area contributed by atoms with Crippen molar-refractivity contribution in [2.45, 2.75) is 32.6 Å². The molecule has 0 unspecified atom stereocenters. The molecule has 3 aromatic heterocycles. The summed E-state index contributed by atoms with van der Waals surface area (Å²) in [6.45, 7) is 2.10. The van der Waals surface area contributed by atoms with Gasteiger partial charge in [-0.05, 0) is 80.1 Å². The van der Waals surface area contributed by atoms with E-state index in [1.54, 1.807) is 6.07 Å². The van der Waals surface area contributed by atoms with Crippen molar-refractivity contribution in [1.82, 2.24) is 4.57 Å². The zero-order valence-electron chi connectivity index (χ0n) is 21.1. The summed E-state index contributed by atoms with van der Waals surface area (Å²) in [5.41, 5.74) is 9.68. The van der Waals surface area contributed by atoms with Gasteiger partial charge in [-0.15, -0.1) is 0 Å². The number of rotatable bonds is 3. The lowest BCUT2D eigenvalue weighted by molar-refractivity contribution is -0.660. The summed E-state index contributed by atoms with van der Waals surface area (Å²) < 4.78 is 26.9. The largest absolute Gasteiger partial charge is 0.454 e. The monoisotopic (exact) mass is 487 g/mol. The number of furan rings is 1. The Kier molecular flexibility index (Phi) is 5.03. The molecule has 37 heavy (non-hydrogen) atoms. The predicted molar refractivity (Wildman–Crippen MR) is 146 cm³/mol. The summed E-state index contributed by atoms with van der Waals surface area (Å²) >= 11 is 0. The molecule has 0 aliphatic heterocycles. The second-order valence-corrected chi connectivity index (χ2v) is 10.1. The van der Waals surface area contributed by atoms with Crippen LogP contribution in [0.1, 0.15) is 29.7 Å². The Labute approximate surface area is 215 Å². The summed E-state index contributed by atoms with van der Waals surface area (Å²) in [7, 11) is 2.04. The van der Waals surface area contributed by atoms with Gasteiger partial charge in [-0.1, -0.05) is 30.3 Å². The van der Waals surface area contributed by atoms with Gasteiger partial charge in [0.15, 0.2) is 6.20 Å². The maximum atomic E-state index is 15.9. The van der Waals surface area contributed by atoms with Gasteiger partial charge in [0.2, 0.25) is 5.69 Å². The van der Waals surface area contributed by atoms with Crippen LogP contribution >= 0.6 is 0 Å². The van der Waals surface area contributed by atoms with Gasteiger partial charge in [0, 0.05) is 34.3 Å². The van der Waals surface area contributed by atoms with Crippen LogP contribution < -0.4 is 4.57 Å². The zero-order valence-corrected chi connectivity index (χ0v) is 21.1. The molecule has 4 heteroatoms. The number of para-hydroxylation sites is 1. The van der Waals surface area contributed by atoms with E-state index in [1.165, 1.54) is 17.7 Å². The topological polar surface area (TPSA) is 21.9 Å². The van der Waals surface area contributed by atoms with Gasteiger partial charge in [0.25, 0.3) is 0 Å². The van der Waals surface area contributed by atoms with E-state index in [4.69, 9.17) is 4.42 Å². The molecule has 0 amide bonds. The average molecular weight is 488 g/mol. The average Bonchev–Trinajstić information content (AvgIpc) is 3.48. The molecule has 1 aliphatic rings. The lowest BCUT2D eigenvalue weighted by Gasteiger charge is -2.17. The van der Waals surface area contributed by atoms with E-state index in [2.05, 4.69) is 52.5 Å². The Morgan fingerprint density at radius 1 is 0.811 bits per heavy atom. The third-order valence-electron chi connectivity index (χ3n) is 7.85. The Morgan fingerprint density at radius 3 is 2.35 bits per heavy atom. The van der Waals surface area contributed by atoms with Crippen molar-refractivity contribution in [3.8, 4) is 28.2 Å². The fourth-order valence-electron chi connectivity index (χ4n) is 6.07. The van der Waals surface area contributed by atoms with Crippen LogP contribution in [0.5, 0.6) is 0 Å². The van der Waals surface area contributed by atoms with Crippen molar-refractivity contribution in [2.24, 2.45) is 7.05 Å². The van der Waals surface area contributed by atoms with Crippen LogP contribution in [-0.2, 0) is 19.9 Å². The van der Waals surface area contributed by atoms with Gasteiger partial charge in [-0.2, -0.15) is 0 Å². The zero-order chi connectivity index (χ0) is 25.1. The number of fused-ring (bicyclic) bond motifs is 4. The lowest BCUT2D eigenvalue weighted by atomic mass is 9.97. The van der Waals surface area contributed by atoms with Crippen LogP contribution in [-0.4, -0.2) is 4.57 Å². The maximum absolute atomic E-state index is 15.9. The van der Waals surface area contributed by atoms with E-state index in [-0.39, 0.29) is 5.82 Å². The summed E-state index contributed by atoms with van der Waals surface area (Å²) in [5.74, 6) is -0.262. The van der Waals surface area contributed by atoms with Crippen LogP contribution in [0.25, 0.3) is 50.1 Å². The van der Waals surface area contributed by atoms with Crippen LogP contribution in [0, 0.1) is 12.7 Å². The number of hydrogen-bond acceptors (Lipinski definition) is 1. The molecule has 0 radical (unpaired) electrons. The van der Waals surface area contributed by atoms with Crippen molar-refractivity contribution in [3.05, 3.63) is 108 Å². The Bertz CT molecular complexity index is 1810. The van der Waals surface area contributed by atoms with Gasteiger partial charge in [-0.25, -0.2) is 8.96 Å². The lowest BCUT2D eigenvalue weighted by Crippen LogP contribution is -2.30. The third kappa shape index (κ3) is 3.36. The van der Waals surface area contributed by atoms with E-state index in [0.717, 1.165) is 63.8 Å². The molecular weight excluding hydrogens is 459 g/mol. The minimum absolute atomic E-state index is 0.262. The van der Waals surface area contributed by atoms with E-state index < -0.39 is 0 Å². The van der Waals surface area contributed by atoms with Crippen molar-refractivity contribution in [3.63, 3.8) is 0 Å². The second-order valence-electron chi connectivity index (χ2n) is 10.1. The number of halogens is 1. The Balaban J connectivity index is 1.57. The van der Waals surface area contributed by atoms with Gasteiger partial charge in [0.05, 0.1) is 16.8 Å². The molecule has 0 atom stereocenters. The number of nitrogens with zero attached hydrogens (tertiary/aromatic N) is 2. The number of pyridine rings is 1. The highest BCUT2D eigenvalue weighted by atomic mass is 19.1. The summed E-state index contributed by atoms with van der Waals surface area (Å²) in [4.78, 5) is 0. The quantitative estimate of drug-likeness (QED) is 0.233. The molecular formula is C33H28FN2O+. The van der Waals surface area contributed by atoms with Crippen molar-refractivity contribution in [1.29, 1.82) is 0 Å². The molecule has 3 aromatic carbocycles. The van der Waals surface area contributed by atoms with Gasteiger partial charge in [0.1, 0.15) is 24.0 Å². The van der Waals surface area contributed by atoms with Gasteiger partial charge in [-0.3, -0.25) is 0 Å². The first-order valence-corrected chi connectivity index (χ1v) is 13.0. The molecule has 0 fully saturated rings. The molecule has 0 spiro atoms. The standard InChI is InChI=1S/C33H28FN2O/c1-21-15-16-24-25-17-18-26(34)31(33(25)37-32(24)30(21)28-14-8-9-19-35(28)2)29-20-22-10-6-7-13-27(22)36(29)23-11-4-3-5-12-23/h3-5,8-9,11-12,14-20H,6-7,10,13H2,1-2H3/q+1. The molecule has 3 nitrogen and oxygen atoms in total. The SMILES string of the molecule is Cc1ccc2c(oc3c(-c4cc5c(n4-c4ccccc4)CCCC5)c(F)ccc32)c1-c1cccc[n+]1C. The Hall–Kier alpha value is -4.18. The Morgan fingerprint density at radius 2 is 1.54 bits per heavy atom. The highest BCUT2D eigenvalue weighted by molar-refractivity contribution is 6.13. The third-order valence-corrected chi connectivity index (χ3v) is 7.85. The normalized spacial score (nSPS) is 13.4. The van der Waals surface area contributed by atoms with Gasteiger partial charge < -0.3 is 8.98 Å². The number of benzene rings is 3. The maximum Gasteiger partial charge on any atom is 0.216 e. The van der Waals surface area contributed by atoms with E-state index in [0.29, 0.717) is 11.1 Å². The fourth-order valence-corrected chi connectivity index (χ4v) is 6.07. The predicted octanol–water partition coefficient (Wildman–Crippen LogP) is 7.86. The van der Waals surface area contributed by atoms with Crippen LogP contribution in [0.15, 0.2) is 89.5 Å². The molecule has 1 aliphatic carbocycles. The van der Waals surface area contributed by atoms with E-state index in [1.807, 2.05) is 49.6 Å². The highest BCUT2D eigenvalue weighted by Gasteiger charge is 2.27. The molecule has 0 saturated heterocycles. The molecule has 0 saturated carbocycles. The van der Waals surface area contributed by atoms with E-state index >= 15 is 4.39 Å². The van der Waals surface area contributed by atoms with Crippen molar-refractivity contribution < 1.29 is 13.4 Å². The molecule has 6 aromatic rings. The second kappa shape index (κ2) is 8.45. The van der Waals surface area contributed by atoms with Crippen LogP contribution in [0.2, 0.25) is 0 Å². The summed E-state index contributed by atoms with van der Waals surface area (Å²) in [6.07, 6.45) is 6.37. The molecule has 3 heterocycles. The summed E-state index contributed by atoms with van der Waals surface area (Å²) in [6, 6.07) is 26.4. The minimum atomic E-state index is -0.262. The molecule has 182 valence electrons. The minimum Gasteiger partial charge on any atom is -0.454 e.